The fraction of sp³-hybridized carbons (Fsp3) is 0.350. The largest absolute Gasteiger partial charge is 0.497 e. The quantitative estimate of drug-likeness (QED) is 0.648. The molecule has 1 aromatic heterocycles. The van der Waals surface area contributed by atoms with Gasteiger partial charge in [0.2, 0.25) is 0 Å². The normalized spacial score (nSPS) is 16.0. The lowest BCUT2D eigenvalue weighted by Gasteiger charge is -2.19. The Hall–Kier alpha value is -3.13. The lowest BCUT2D eigenvalue weighted by Crippen LogP contribution is -2.31. The van der Waals surface area contributed by atoms with Crippen molar-refractivity contribution in [1.82, 2.24) is 5.01 Å². The topological polar surface area (TPSA) is 90.6 Å². The molecule has 1 atom stereocenters. The van der Waals surface area contributed by atoms with Gasteiger partial charge in [0.25, 0.3) is 5.91 Å². The summed E-state index contributed by atoms with van der Waals surface area (Å²) in [7, 11) is 1.60. The molecule has 0 saturated carbocycles. The van der Waals surface area contributed by atoms with Gasteiger partial charge in [-0.3, -0.25) is 4.79 Å². The van der Waals surface area contributed by atoms with Crippen molar-refractivity contribution < 1.29 is 28.2 Å². The molecule has 1 aliphatic heterocycles. The third-order valence-corrected chi connectivity index (χ3v) is 4.24. The summed E-state index contributed by atoms with van der Waals surface area (Å²) in [6.45, 7) is 1.56. The maximum atomic E-state index is 12.6. The minimum atomic E-state index is -0.594. The van der Waals surface area contributed by atoms with Crippen LogP contribution >= 0.6 is 0 Å². The Kier molecular flexibility index (Phi) is 6.44. The molecular weight excluding hydrogens is 364 g/mol. The maximum absolute atomic E-state index is 12.6. The van der Waals surface area contributed by atoms with E-state index in [0.717, 1.165) is 17.0 Å². The lowest BCUT2D eigenvalue weighted by molar-refractivity contribution is -0.156. The van der Waals surface area contributed by atoms with Crippen molar-refractivity contribution >= 4 is 17.6 Å². The van der Waals surface area contributed by atoms with E-state index in [-0.39, 0.29) is 6.61 Å². The van der Waals surface area contributed by atoms with Gasteiger partial charge < -0.3 is 18.6 Å². The summed E-state index contributed by atoms with van der Waals surface area (Å²) in [6, 6.07) is 10.6. The Morgan fingerprint density at radius 2 is 2.00 bits per heavy atom. The maximum Gasteiger partial charge on any atom is 0.332 e. The molecule has 8 heteroatoms. The van der Waals surface area contributed by atoms with Crippen LogP contribution in [0.5, 0.6) is 5.75 Å². The molecule has 1 amide bonds. The van der Waals surface area contributed by atoms with Crippen molar-refractivity contribution in [2.24, 2.45) is 5.10 Å². The Labute approximate surface area is 162 Å². The van der Waals surface area contributed by atoms with Gasteiger partial charge in [0, 0.05) is 13.0 Å². The number of furan rings is 1. The van der Waals surface area contributed by atoms with Crippen LogP contribution < -0.4 is 4.74 Å². The molecule has 28 heavy (non-hydrogen) atoms. The summed E-state index contributed by atoms with van der Waals surface area (Å²) in [5.41, 5.74) is 1.61. The summed E-state index contributed by atoms with van der Waals surface area (Å²) < 4.78 is 20.6. The number of ether oxygens (including phenoxy) is 3. The summed E-state index contributed by atoms with van der Waals surface area (Å²) in [5, 5.41) is 5.78. The second kappa shape index (κ2) is 9.18. The van der Waals surface area contributed by atoms with Gasteiger partial charge in [0.05, 0.1) is 19.1 Å². The van der Waals surface area contributed by atoms with Crippen LogP contribution in [-0.4, -0.2) is 49.5 Å². The highest BCUT2D eigenvalue weighted by atomic mass is 16.6. The molecule has 1 aromatic carbocycles. The van der Waals surface area contributed by atoms with E-state index in [1.807, 2.05) is 24.3 Å². The van der Waals surface area contributed by atoms with Gasteiger partial charge in [-0.15, -0.1) is 0 Å². The van der Waals surface area contributed by atoms with Crippen LogP contribution in [0.4, 0.5) is 0 Å². The first-order chi connectivity index (χ1) is 13.6. The average Bonchev–Trinajstić information content (AvgIpc) is 3.40. The van der Waals surface area contributed by atoms with E-state index in [9.17, 15) is 9.59 Å². The van der Waals surface area contributed by atoms with Gasteiger partial charge in [-0.25, -0.2) is 9.80 Å². The SMILES string of the molecule is CCOCC(=O)OCC(=O)N1N=C(c2ccc(OC)cc2)CC1c1ccco1. The molecule has 3 rings (SSSR count). The molecule has 1 aliphatic rings. The molecule has 2 aromatic rings. The molecule has 2 heterocycles. The molecule has 0 radical (unpaired) electrons. The second-order valence-corrected chi connectivity index (χ2v) is 6.05. The van der Waals surface area contributed by atoms with Gasteiger partial charge in [-0.05, 0) is 48.9 Å². The molecule has 0 saturated heterocycles. The molecule has 8 nitrogen and oxygen atoms in total. The zero-order valence-corrected chi connectivity index (χ0v) is 15.8. The highest BCUT2D eigenvalue weighted by molar-refractivity contribution is 6.03. The van der Waals surface area contributed by atoms with E-state index in [1.165, 1.54) is 5.01 Å². The Morgan fingerprint density at radius 1 is 1.21 bits per heavy atom. The van der Waals surface area contributed by atoms with Gasteiger partial charge in [0.1, 0.15) is 24.2 Å². The fourth-order valence-electron chi connectivity index (χ4n) is 2.84. The molecular formula is C20H22N2O6. The van der Waals surface area contributed by atoms with Crippen LogP contribution in [0.15, 0.2) is 52.2 Å². The number of benzene rings is 1. The standard InChI is InChI=1S/C20H22N2O6/c1-3-26-13-20(24)28-12-19(23)22-17(18-5-4-10-27-18)11-16(21-22)14-6-8-15(25-2)9-7-14/h4-10,17H,3,11-13H2,1-2H3. The minimum Gasteiger partial charge on any atom is -0.497 e. The Morgan fingerprint density at radius 3 is 2.64 bits per heavy atom. The molecule has 0 aliphatic carbocycles. The zero-order valence-electron chi connectivity index (χ0n) is 15.8. The minimum absolute atomic E-state index is 0.189. The van der Waals surface area contributed by atoms with Crippen molar-refractivity contribution in [1.29, 1.82) is 0 Å². The number of esters is 1. The van der Waals surface area contributed by atoms with Gasteiger partial charge in [-0.1, -0.05) is 0 Å². The molecule has 0 fully saturated rings. The summed E-state index contributed by atoms with van der Waals surface area (Å²) in [4.78, 5) is 24.2. The van der Waals surface area contributed by atoms with Crippen LogP contribution in [0.3, 0.4) is 0 Å². The second-order valence-electron chi connectivity index (χ2n) is 6.05. The van der Waals surface area contributed by atoms with E-state index < -0.39 is 24.5 Å². The predicted molar refractivity (Wildman–Crippen MR) is 99.9 cm³/mol. The number of rotatable bonds is 8. The third kappa shape index (κ3) is 4.58. The zero-order chi connectivity index (χ0) is 19.9. The van der Waals surface area contributed by atoms with Crippen molar-refractivity contribution in [3.05, 3.63) is 54.0 Å². The Balaban J connectivity index is 1.75. The van der Waals surface area contributed by atoms with Crippen LogP contribution in [0.2, 0.25) is 0 Å². The highest BCUT2D eigenvalue weighted by Crippen LogP contribution is 2.33. The first kappa shape index (κ1) is 19.6. The smallest absolute Gasteiger partial charge is 0.332 e. The number of hydrogen-bond acceptors (Lipinski definition) is 7. The number of methoxy groups -OCH3 is 1. The van der Waals surface area contributed by atoms with Crippen LogP contribution in [-0.2, 0) is 19.1 Å². The van der Waals surface area contributed by atoms with Crippen LogP contribution in [0.25, 0.3) is 0 Å². The number of carbonyl (C=O) groups is 2. The summed E-state index contributed by atoms with van der Waals surface area (Å²) in [6.07, 6.45) is 2.03. The van der Waals surface area contributed by atoms with Crippen molar-refractivity contribution in [2.75, 3.05) is 26.9 Å². The number of nitrogens with zero attached hydrogens (tertiary/aromatic N) is 2. The number of hydrogen-bond donors (Lipinski definition) is 0. The van der Waals surface area contributed by atoms with E-state index in [2.05, 4.69) is 5.10 Å². The third-order valence-electron chi connectivity index (χ3n) is 4.24. The van der Waals surface area contributed by atoms with E-state index in [4.69, 9.17) is 18.6 Å². The highest BCUT2D eigenvalue weighted by Gasteiger charge is 2.35. The first-order valence-corrected chi connectivity index (χ1v) is 8.93. The molecule has 148 valence electrons. The summed E-state index contributed by atoms with van der Waals surface area (Å²) in [5.74, 6) is 0.318. The Bertz CT molecular complexity index is 829. The van der Waals surface area contributed by atoms with Crippen LogP contribution in [0.1, 0.15) is 30.7 Å². The van der Waals surface area contributed by atoms with Crippen molar-refractivity contribution in [3.63, 3.8) is 0 Å². The number of carbonyl (C=O) groups excluding carboxylic acids is 2. The van der Waals surface area contributed by atoms with Crippen molar-refractivity contribution in [3.8, 4) is 5.75 Å². The monoisotopic (exact) mass is 386 g/mol. The number of amides is 1. The van der Waals surface area contributed by atoms with Gasteiger partial charge in [0.15, 0.2) is 6.61 Å². The molecule has 0 N–H and O–H groups in total. The molecule has 0 spiro atoms. The fourth-order valence-corrected chi connectivity index (χ4v) is 2.84. The van der Waals surface area contributed by atoms with E-state index >= 15 is 0 Å². The van der Waals surface area contributed by atoms with E-state index in [1.54, 1.807) is 32.4 Å². The predicted octanol–water partition coefficient (Wildman–Crippen LogP) is 2.55. The summed E-state index contributed by atoms with van der Waals surface area (Å²) >= 11 is 0. The van der Waals surface area contributed by atoms with Crippen LogP contribution in [0, 0.1) is 0 Å². The molecule has 1 unspecified atom stereocenters. The molecule has 0 bridgehead atoms. The number of hydrazone groups is 1. The lowest BCUT2D eigenvalue weighted by atomic mass is 10.0. The van der Waals surface area contributed by atoms with Gasteiger partial charge in [-0.2, -0.15) is 5.10 Å². The van der Waals surface area contributed by atoms with Crippen molar-refractivity contribution in [2.45, 2.75) is 19.4 Å². The average molecular weight is 386 g/mol. The first-order valence-electron chi connectivity index (χ1n) is 8.93. The van der Waals surface area contributed by atoms with Gasteiger partial charge >= 0.3 is 5.97 Å². The van der Waals surface area contributed by atoms with E-state index in [0.29, 0.717) is 18.8 Å².